The molecule has 3 heteroatoms. The number of rotatable bonds is 2. The van der Waals surface area contributed by atoms with Crippen molar-refractivity contribution in [3.05, 3.63) is 0 Å². The Morgan fingerprint density at radius 2 is 1.82 bits per heavy atom. The van der Waals surface area contributed by atoms with Crippen LogP contribution in [-0.2, 0) is 0 Å². The topological polar surface area (TPSA) is 15.3 Å². The van der Waals surface area contributed by atoms with Crippen LogP contribution in [0.2, 0.25) is 0 Å². The van der Waals surface area contributed by atoms with E-state index in [2.05, 4.69) is 30.5 Å². The van der Waals surface area contributed by atoms with Crippen molar-refractivity contribution in [2.45, 2.75) is 64.5 Å². The number of hydrogen-bond acceptors (Lipinski definition) is 2. The first kappa shape index (κ1) is 13.6. The summed E-state index contributed by atoms with van der Waals surface area (Å²) in [6.07, 6.45) is 6.96. The zero-order valence-corrected chi connectivity index (χ0v) is 12.3. The molecule has 2 fully saturated rings. The number of nitrogens with one attached hydrogen (secondary N) is 1. The van der Waals surface area contributed by atoms with E-state index in [1.54, 1.807) is 0 Å². The first-order valence-corrected chi connectivity index (χ1v) is 7.47. The first-order valence-electron chi connectivity index (χ1n) is 7.13. The highest BCUT2D eigenvalue weighted by atomic mass is 35.5. The molecule has 1 saturated heterocycles. The minimum absolute atomic E-state index is 0.196. The summed E-state index contributed by atoms with van der Waals surface area (Å²) >= 11 is 6.42. The third-order valence-corrected chi connectivity index (χ3v) is 4.73. The van der Waals surface area contributed by atoms with Crippen LogP contribution in [0.3, 0.4) is 0 Å². The van der Waals surface area contributed by atoms with Gasteiger partial charge in [-0.1, -0.05) is 19.3 Å². The summed E-state index contributed by atoms with van der Waals surface area (Å²) < 4.78 is 2.07. The molecule has 1 aliphatic heterocycles. The van der Waals surface area contributed by atoms with E-state index in [0.717, 1.165) is 24.9 Å². The van der Waals surface area contributed by atoms with E-state index in [1.807, 2.05) is 0 Å². The molecule has 1 saturated carbocycles. The van der Waals surface area contributed by atoms with Crippen molar-refractivity contribution < 1.29 is 0 Å². The minimum Gasteiger partial charge on any atom is -0.310 e. The van der Waals surface area contributed by atoms with Crippen LogP contribution in [0.4, 0.5) is 0 Å². The van der Waals surface area contributed by atoms with Crippen molar-refractivity contribution in [3.8, 4) is 0 Å². The Hall–Kier alpha value is 0.210. The van der Waals surface area contributed by atoms with E-state index in [4.69, 9.17) is 11.8 Å². The van der Waals surface area contributed by atoms with Gasteiger partial charge >= 0.3 is 0 Å². The van der Waals surface area contributed by atoms with Gasteiger partial charge in [-0.15, -0.1) is 0 Å². The van der Waals surface area contributed by atoms with Crippen LogP contribution in [0, 0.1) is 11.8 Å². The molecular formula is C14H27ClN2. The molecule has 0 radical (unpaired) electrons. The summed E-state index contributed by atoms with van der Waals surface area (Å²) in [4.78, 5) is 0. The molecule has 0 amide bonds. The van der Waals surface area contributed by atoms with E-state index in [1.165, 1.54) is 32.1 Å². The molecule has 3 unspecified atom stereocenters. The number of piperidine rings is 1. The molecule has 3 atom stereocenters. The Morgan fingerprint density at radius 1 is 1.18 bits per heavy atom. The maximum Gasteiger partial charge on any atom is 0.0379 e. The lowest BCUT2D eigenvalue weighted by Gasteiger charge is -2.44. The average molecular weight is 259 g/mol. The fourth-order valence-corrected chi connectivity index (χ4v) is 3.60. The SMILES string of the molecule is CC(C)(C)NCC1CC2CCCCC2CN1Cl. The molecule has 2 rings (SSSR count). The van der Waals surface area contributed by atoms with Crippen molar-refractivity contribution >= 4 is 11.8 Å². The minimum atomic E-state index is 0.196. The van der Waals surface area contributed by atoms with Crippen molar-refractivity contribution in [3.63, 3.8) is 0 Å². The highest BCUT2D eigenvalue weighted by molar-refractivity contribution is 6.13. The molecule has 2 aliphatic rings. The first-order chi connectivity index (χ1) is 7.96. The molecule has 17 heavy (non-hydrogen) atoms. The van der Waals surface area contributed by atoms with Gasteiger partial charge in [-0.25, -0.2) is 4.42 Å². The van der Waals surface area contributed by atoms with E-state index >= 15 is 0 Å². The second-order valence-corrected chi connectivity index (χ2v) is 7.34. The average Bonchev–Trinajstić information content (AvgIpc) is 2.25. The normalized spacial score (nSPS) is 35.6. The molecule has 0 aromatic rings. The van der Waals surface area contributed by atoms with E-state index in [-0.39, 0.29) is 5.54 Å². The molecule has 0 bridgehead atoms. The van der Waals surface area contributed by atoms with Crippen molar-refractivity contribution in [2.24, 2.45) is 11.8 Å². The molecular weight excluding hydrogens is 232 g/mol. The molecule has 1 N–H and O–H groups in total. The van der Waals surface area contributed by atoms with Gasteiger partial charge in [-0.2, -0.15) is 0 Å². The number of halogens is 1. The largest absolute Gasteiger partial charge is 0.310 e. The Balaban J connectivity index is 1.86. The lowest BCUT2D eigenvalue weighted by atomic mass is 9.73. The maximum atomic E-state index is 6.42. The molecule has 0 aromatic heterocycles. The Labute approximate surface area is 111 Å². The second kappa shape index (κ2) is 5.46. The fraction of sp³-hybridized carbons (Fsp3) is 1.00. The lowest BCUT2D eigenvalue weighted by Crippen LogP contribution is -2.50. The molecule has 1 aliphatic carbocycles. The van der Waals surface area contributed by atoms with Crippen LogP contribution in [-0.4, -0.2) is 29.1 Å². The summed E-state index contributed by atoms with van der Waals surface area (Å²) in [5.41, 5.74) is 0.196. The van der Waals surface area contributed by atoms with Crippen molar-refractivity contribution in [1.82, 2.24) is 9.74 Å². The number of hydrogen-bond donors (Lipinski definition) is 1. The summed E-state index contributed by atoms with van der Waals surface area (Å²) in [6, 6.07) is 0.523. The zero-order valence-electron chi connectivity index (χ0n) is 11.5. The predicted molar refractivity (Wildman–Crippen MR) is 74.2 cm³/mol. The third kappa shape index (κ3) is 3.84. The van der Waals surface area contributed by atoms with E-state index in [9.17, 15) is 0 Å². The Kier molecular flexibility index (Phi) is 4.38. The van der Waals surface area contributed by atoms with Gasteiger partial charge in [0.15, 0.2) is 0 Å². The van der Waals surface area contributed by atoms with Gasteiger partial charge in [0.25, 0.3) is 0 Å². The van der Waals surface area contributed by atoms with Gasteiger partial charge in [0.1, 0.15) is 0 Å². The van der Waals surface area contributed by atoms with Crippen LogP contribution >= 0.6 is 11.8 Å². The standard InChI is InChI=1S/C14H27ClN2/c1-14(2,3)16-9-13-8-11-6-4-5-7-12(11)10-17(13)15/h11-13,16H,4-10H2,1-3H3. The van der Waals surface area contributed by atoms with Crippen molar-refractivity contribution in [1.29, 1.82) is 0 Å². The molecule has 2 nitrogen and oxygen atoms in total. The zero-order chi connectivity index (χ0) is 12.5. The van der Waals surface area contributed by atoms with Gasteiger partial charge in [-0.3, -0.25) is 0 Å². The van der Waals surface area contributed by atoms with Gasteiger partial charge in [0, 0.05) is 24.7 Å². The summed E-state index contributed by atoms with van der Waals surface area (Å²) in [5.74, 6) is 1.80. The fourth-order valence-electron chi connectivity index (χ4n) is 3.28. The maximum absolute atomic E-state index is 6.42. The summed E-state index contributed by atoms with van der Waals surface area (Å²) in [7, 11) is 0. The third-order valence-electron chi connectivity index (χ3n) is 4.31. The van der Waals surface area contributed by atoms with Crippen LogP contribution in [0.15, 0.2) is 0 Å². The van der Waals surface area contributed by atoms with Gasteiger partial charge in [-0.05, 0) is 57.2 Å². The van der Waals surface area contributed by atoms with Crippen LogP contribution < -0.4 is 5.32 Å². The molecule has 1 heterocycles. The van der Waals surface area contributed by atoms with E-state index < -0.39 is 0 Å². The van der Waals surface area contributed by atoms with Gasteiger partial charge in [0.2, 0.25) is 0 Å². The number of nitrogens with zero attached hydrogens (tertiary/aromatic N) is 1. The molecule has 0 spiro atoms. The quantitative estimate of drug-likeness (QED) is 0.764. The summed E-state index contributed by atoms with van der Waals surface area (Å²) in [5, 5.41) is 3.59. The van der Waals surface area contributed by atoms with Crippen LogP contribution in [0.25, 0.3) is 0 Å². The van der Waals surface area contributed by atoms with Crippen LogP contribution in [0.1, 0.15) is 52.9 Å². The van der Waals surface area contributed by atoms with Crippen molar-refractivity contribution in [2.75, 3.05) is 13.1 Å². The highest BCUT2D eigenvalue weighted by Gasteiger charge is 2.36. The second-order valence-electron chi connectivity index (χ2n) is 6.91. The summed E-state index contributed by atoms with van der Waals surface area (Å²) in [6.45, 7) is 8.78. The Morgan fingerprint density at radius 3 is 2.47 bits per heavy atom. The van der Waals surface area contributed by atoms with Gasteiger partial charge < -0.3 is 5.32 Å². The smallest absolute Gasteiger partial charge is 0.0379 e. The lowest BCUT2D eigenvalue weighted by molar-refractivity contribution is 0.0916. The highest BCUT2D eigenvalue weighted by Crippen LogP contribution is 2.39. The predicted octanol–water partition coefficient (Wildman–Crippen LogP) is 3.41. The number of fused-ring (bicyclic) bond motifs is 1. The van der Waals surface area contributed by atoms with Crippen LogP contribution in [0.5, 0.6) is 0 Å². The molecule has 0 aromatic carbocycles. The van der Waals surface area contributed by atoms with E-state index in [0.29, 0.717) is 6.04 Å². The monoisotopic (exact) mass is 258 g/mol. The van der Waals surface area contributed by atoms with Gasteiger partial charge in [0.05, 0.1) is 0 Å². The molecule has 100 valence electrons. The Bertz CT molecular complexity index is 249.